The number of hydrogen-bond acceptors (Lipinski definition) is 2. The van der Waals surface area contributed by atoms with Crippen LogP contribution in [-0.4, -0.2) is 12.2 Å². The third kappa shape index (κ3) is 3.72. The molecule has 0 fully saturated rings. The largest absolute Gasteiger partial charge is 0.497 e. The monoisotopic (exact) mass is 340 g/mol. The lowest BCUT2D eigenvalue weighted by Gasteiger charge is -2.13. The van der Waals surface area contributed by atoms with Gasteiger partial charge in [0.15, 0.2) is 0 Å². The number of hydrogen-bond donors (Lipinski definition) is 1. The number of halogens is 2. The third-order valence-electron chi connectivity index (χ3n) is 2.93. The Hall–Kier alpha value is -1.03. The fraction of sp³-hybridized carbons (Fsp3) is 0.200. The molecule has 19 heavy (non-hydrogen) atoms. The minimum Gasteiger partial charge on any atom is -0.497 e. The first-order valence-electron chi connectivity index (χ1n) is 5.86. The molecule has 0 aliphatic heterocycles. The van der Waals surface area contributed by atoms with Gasteiger partial charge in [-0.05, 0) is 35.4 Å². The lowest BCUT2D eigenvalue weighted by atomic mass is 10.0. The normalized spacial score (nSPS) is 12.2. The molecule has 0 aliphatic rings. The van der Waals surface area contributed by atoms with Gasteiger partial charge in [-0.2, -0.15) is 0 Å². The molecule has 0 aromatic heterocycles. The Morgan fingerprint density at radius 3 is 2.47 bits per heavy atom. The Balaban J connectivity index is 2.13. The summed E-state index contributed by atoms with van der Waals surface area (Å²) >= 11 is 9.51. The highest BCUT2D eigenvalue weighted by Gasteiger charge is 2.11. The summed E-state index contributed by atoms with van der Waals surface area (Å²) < 4.78 is 6.02. The van der Waals surface area contributed by atoms with E-state index in [-0.39, 0.29) is 0 Å². The van der Waals surface area contributed by atoms with Gasteiger partial charge in [0.05, 0.1) is 13.2 Å². The predicted molar refractivity (Wildman–Crippen MR) is 80.8 cm³/mol. The van der Waals surface area contributed by atoms with Crippen LogP contribution in [0.1, 0.15) is 17.2 Å². The van der Waals surface area contributed by atoms with E-state index >= 15 is 0 Å². The van der Waals surface area contributed by atoms with Gasteiger partial charge < -0.3 is 9.84 Å². The van der Waals surface area contributed by atoms with Crippen molar-refractivity contribution in [3.8, 4) is 5.75 Å². The molecule has 0 spiro atoms. The van der Waals surface area contributed by atoms with Crippen LogP contribution in [0.5, 0.6) is 5.75 Å². The van der Waals surface area contributed by atoms with E-state index in [9.17, 15) is 5.11 Å². The average Bonchev–Trinajstić information content (AvgIpc) is 2.42. The molecular weight excluding hydrogens is 328 g/mol. The topological polar surface area (TPSA) is 29.5 Å². The molecule has 0 amide bonds. The van der Waals surface area contributed by atoms with Gasteiger partial charge in [0.25, 0.3) is 0 Å². The highest BCUT2D eigenvalue weighted by molar-refractivity contribution is 9.10. The van der Waals surface area contributed by atoms with E-state index in [4.69, 9.17) is 16.3 Å². The van der Waals surface area contributed by atoms with Crippen LogP contribution in [-0.2, 0) is 6.42 Å². The van der Waals surface area contributed by atoms with E-state index in [1.807, 2.05) is 42.5 Å². The fourth-order valence-corrected chi connectivity index (χ4v) is 2.59. The Bertz CT molecular complexity index is 555. The number of benzene rings is 2. The van der Waals surface area contributed by atoms with Crippen molar-refractivity contribution in [2.45, 2.75) is 12.5 Å². The van der Waals surface area contributed by atoms with Gasteiger partial charge in [-0.1, -0.05) is 45.7 Å². The molecule has 1 N–H and O–H groups in total. The van der Waals surface area contributed by atoms with Gasteiger partial charge in [0.2, 0.25) is 0 Å². The standard InChI is InChI=1S/C15H14BrClO2/c1-19-13-6-3-10(4-7-13)15(18)8-11-2-5-12(16)9-14(11)17/h2-7,9,15,18H,8H2,1H3. The molecule has 0 saturated carbocycles. The second-order valence-electron chi connectivity index (χ2n) is 4.23. The molecule has 2 aromatic carbocycles. The van der Waals surface area contributed by atoms with Gasteiger partial charge in [-0.3, -0.25) is 0 Å². The molecule has 4 heteroatoms. The van der Waals surface area contributed by atoms with Gasteiger partial charge >= 0.3 is 0 Å². The Kier molecular flexibility index (Phi) is 4.86. The maximum absolute atomic E-state index is 10.2. The second kappa shape index (κ2) is 6.42. The summed E-state index contributed by atoms with van der Waals surface area (Å²) in [5.41, 5.74) is 1.77. The van der Waals surface area contributed by atoms with E-state index < -0.39 is 6.10 Å². The Labute approximate surface area is 126 Å². The van der Waals surface area contributed by atoms with E-state index in [1.165, 1.54) is 0 Å². The van der Waals surface area contributed by atoms with E-state index in [0.29, 0.717) is 11.4 Å². The maximum Gasteiger partial charge on any atom is 0.118 e. The molecule has 0 radical (unpaired) electrons. The molecule has 0 saturated heterocycles. The first-order chi connectivity index (χ1) is 9.10. The number of aliphatic hydroxyl groups is 1. The Morgan fingerprint density at radius 1 is 1.21 bits per heavy atom. The van der Waals surface area contributed by atoms with Crippen LogP contribution in [0, 0.1) is 0 Å². The van der Waals surface area contributed by atoms with Crippen LogP contribution in [0.15, 0.2) is 46.9 Å². The van der Waals surface area contributed by atoms with Crippen LogP contribution in [0.2, 0.25) is 5.02 Å². The molecule has 0 aliphatic carbocycles. The van der Waals surface area contributed by atoms with E-state index in [2.05, 4.69) is 15.9 Å². The smallest absolute Gasteiger partial charge is 0.118 e. The molecule has 100 valence electrons. The highest BCUT2D eigenvalue weighted by Crippen LogP contribution is 2.27. The molecule has 0 heterocycles. The molecule has 2 nitrogen and oxygen atoms in total. The molecule has 1 atom stereocenters. The summed E-state index contributed by atoms with van der Waals surface area (Å²) in [6.07, 6.45) is -0.0945. The summed E-state index contributed by atoms with van der Waals surface area (Å²) in [6.45, 7) is 0. The van der Waals surface area contributed by atoms with Gasteiger partial charge in [-0.15, -0.1) is 0 Å². The zero-order chi connectivity index (χ0) is 13.8. The first-order valence-corrected chi connectivity index (χ1v) is 7.03. The molecular formula is C15H14BrClO2. The zero-order valence-corrected chi connectivity index (χ0v) is 12.8. The quantitative estimate of drug-likeness (QED) is 0.894. The maximum atomic E-state index is 10.2. The van der Waals surface area contributed by atoms with Crippen molar-refractivity contribution < 1.29 is 9.84 Å². The zero-order valence-electron chi connectivity index (χ0n) is 10.4. The van der Waals surface area contributed by atoms with Crippen LogP contribution in [0.4, 0.5) is 0 Å². The number of methoxy groups -OCH3 is 1. The highest BCUT2D eigenvalue weighted by atomic mass is 79.9. The number of rotatable bonds is 4. The molecule has 2 rings (SSSR count). The minimum absolute atomic E-state index is 0.485. The summed E-state index contributed by atoms with van der Waals surface area (Å²) in [4.78, 5) is 0. The van der Waals surface area contributed by atoms with Crippen LogP contribution in [0.25, 0.3) is 0 Å². The number of aliphatic hydroxyl groups excluding tert-OH is 1. The van der Waals surface area contributed by atoms with Crippen molar-refractivity contribution in [3.63, 3.8) is 0 Å². The summed E-state index contributed by atoms with van der Waals surface area (Å²) in [7, 11) is 1.62. The SMILES string of the molecule is COc1ccc(C(O)Cc2ccc(Br)cc2Cl)cc1. The van der Waals surface area contributed by atoms with Gasteiger partial charge in [-0.25, -0.2) is 0 Å². The Morgan fingerprint density at radius 2 is 1.89 bits per heavy atom. The van der Waals surface area contributed by atoms with Gasteiger partial charge in [0, 0.05) is 15.9 Å². The van der Waals surface area contributed by atoms with Crippen molar-refractivity contribution in [2.75, 3.05) is 7.11 Å². The van der Waals surface area contributed by atoms with Crippen molar-refractivity contribution in [3.05, 3.63) is 63.1 Å². The first kappa shape index (κ1) is 14.4. The second-order valence-corrected chi connectivity index (χ2v) is 5.55. The summed E-state index contributed by atoms with van der Waals surface area (Å²) in [5, 5.41) is 10.9. The van der Waals surface area contributed by atoms with Crippen LogP contribution in [0.3, 0.4) is 0 Å². The van der Waals surface area contributed by atoms with Crippen molar-refractivity contribution in [1.82, 2.24) is 0 Å². The minimum atomic E-state index is -0.579. The number of ether oxygens (including phenoxy) is 1. The third-order valence-corrected chi connectivity index (χ3v) is 3.77. The van der Waals surface area contributed by atoms with Crippen LogP contribution >= 0.6 is 27.5 Å². The lowest BCUT2D eigenvalue weighted by molar-refractivity contribution is 0.178. The average molecular weight is 342 g/mol. The molecule has 0 bridgehead atoms. The predicted octanol–water partition coefficient (Wildman–Crippen LogP) is 4.39. The van der Waals surface area contributed by atoms with Crippen LogP contribution < -0.4 is 4.74 Å². The summed E-state index contributed by atoms with van der Waals surface area (Å²) in [5.74, 6) is 0.776. The van der Waals surface area contributed by atoms with Crippen molar-refractivity contribution in [2.24, 2.45) is 0 Å². The molecule has 2 aromatic rings. The van der Waals surface area contributed by atoms with Crippen molar-refractivity contribution >= 4 is 27.5 Å². The summed E-state index contributed by atoms with van der Waals surface area (Å²) in [6, 6.07) is 13.1. The lowest BCUT2D eigenvalue weighted by Crippen LogP contribution is -2.02. The van der Waals surface area contributed by atoms with Crippen molar-refractivity contribution in [1.29, 1.82) is 0 Å². The molecule has 1 unspecified atom stereocenters. The van der Waals surface area contributed by atoms with E-state index in [0.717, 1.165) is 21.3 Å². The van der Waals surface area contributed by atoms with E-state index in [1.54, 1.807) is 7.11 Å². The van der Waals surface area contributed by atoms with Gasteiger partial charge in [0.1, 0.15) is 5.75 Å². The fourth-order valence-electron chi connectivity index (χ4n) is 1.84.